The Morgan fingerprint density at radius 1 is 1.36 bits per heavy atom. The topological polar surface area (TPSA) is 76.0 Å². The summed E-state index contributed by atoms with van der Waals surface area (Å²) in [5, 5.41) is 18.1. The van der Waals surface area contributed by atoms with Crippen LogP contribution in [0.2, 0.25) is 0 Å². The molecule has 0 rings (SSSR count). The molecule has 0 aromatic heterocycles. The average molecular weight is 206 g/mol. The van der Waals surface area contributed by atoms with Crippen molar-refractivity contribution in [3.05, 3.63) is 0 Å². The van der Waals surface area contributed by atoms with Gasteiger partial charge in [-0.25, -0.2) is 4.79 Å². The third-order valence-corrected chi connectivity index (χ3v) is 1.73. The maximum Gasteiger partial charge on any atom is 0.335 e. The Hall–Kier alpha value is -0.650. The number of carboxylic acid groups (broad SMARTS) is 1. The molecule has 1 unspecified atom stereocenters. The maximum absolute atomic E-state index is 10.6. The number of carboxylic acids is 1. The van der Waals surface area contributed by atoms with Gasteiger partial charge in [-0.2, -0.15) is 0 Å². The monoisotopic (exact) mass is 206 g/mol. The lowest BCUT2D eigenvalue weighted by atomic mass is 10.0. The van der Waals surface area contributed by atoms with E-state index in [1.165, 1.54) is 6.92 Å². The minimum atomic E-state index is -1.81. The number of carbonyl (C=O) groups is 1. The number of ether oxygens (including phenoxy) is 2. The van der Waals surface area contributed by atoms with Crippen LogP contribution in [-0.2, 0) is 14.3 Å². The summed E-state index contributed by atoms with van der Waals surface area (Å²) >= 11 is 0. The number of aliphatic hydroxyl groups is 1. The number of hydrogen-bond acceptors (Lipinski definition) is 4. The SMILES string of the molecule is CCOC(CC(C)(O)C(=O)O)OCC. The molecular weight excluding hydrogens is 188 g/mol. The van der Waals surface area contributed by atoms with Crippen LogP contribution < -0.4 is 0 Å². The van der Waals surface area contributed by atoms with E-state index in [4.69, 9.17) is 14.6 Å². The molecule has 0 aliphatic rings. The van der Waals surface area contributed by atoms with E-state index in [9.17, 15) is 9.90 Å². The third kappa shape index (κ3) is 4.55. The van der Waals surface area contributed by atoms with E-state index in [1.54, 1.807) is 13.8 Å². The first-order valence-corrected chi connectivity index (χ1v) is 4.63. The van der Waals surface area contributed by atoms with Gasteiger partial charge in [0.25, 0.3) is 0 Å². The van der Waals surface area contributed by atoms with Crippen LogP contribution in [0.25, 0.3) is 0 Å². The zero-order chi connectivity index (χ0) is 11.2. The van der Waals surface area contributed by atoms with Crippen LogP contribution in [0.1, 0.15) is 27.2 Å². The fourth-order valence-corrected chi connectivity index (χ4v) is 0.950. The molecule has 0 aliphatic heterocycles. The van der Waals surface area contributed by atoms with Crippen molar-refractivity contribution in [3.63, 3.8) is 0 Å². The first-order chi connectivity index (χ1) is 6.44. The van der Waals surface area contributed by atoms with Crippen LogP contribution in [0.15, 0.2) is 0 Å². The molecule has 84 valence electrons. The first-order valence-electron chi connectivity index (χ1n) is 4.63. The van der Waals surface area contributed by atoms with Crippen LogP contribution in [0.4, 0.5) is 0 Å². The van der Waals surface area contributed by atoms with Crippen LogP contribution in [0, 0.1) is 0 Å². The van der Waals surface area contributed by atoms with Gasteiger partial charge in [-0.15, -0.1) is 0 Å². The maximum atomic E-state index is 10.6. The summed E-state index contributed by atoms with van der Waals surface area (Å²) in [7, 11) is 0. The summed E-state index contributed by atoms with van der Waals surface area (Å²) in [6.45, 7) is 5.62. The second kappa shape index (κ2) is 5.95. The fourth-order valence-electron chi connectivity index (χ4n) is 0.950. The van der Waals surface area contributed by atoms with Gasteiger partial charge in [0, 0.05) is 19.6 Å². The Bertz CT molecular complexity index is 172. The Balaban J connectivity index is 4.19. The summed E-state index contributed by atoms with van der Waals surface area (Å²) in [4.78, 5) is 10.6. The molecule has 0 saturated carbocycles. The molecule has 0 aromatic carbocycles. The van der Waals surface area contributed by atoms with E-state index in [2.05, 4.69) is 0 Å². The molecule has 0 fully saturated rings. The quantitative estimate of drug-likeness (QED) is 0.597. The largest absolute Gasteiger partial charge is 0.479 e. The van der Waals surface area contributed by atoms with E-state index in [0.717, 1.165) is 0 Å². The standard InChI is InChI=1S/C9H18O5/c1-4-13-7(14-5-2)6-9(3,12)8(10)11/h7,12H,4-6H2,1-3H3,(H,10,11). The van der Waals surface area contributed by atoms with Crippen molar-refractivity contribution in [2.45, 2.75) is 39.1 Å². The molecular formula is C9H18O5. The van der Waals surface area contributed by atoms with E-state index in [0.29, 0.717) is 13.2 Å². The molecule has 0 heterocycles. The van der Waals surface area contributed by atoms with Crippen LogP contribution in [0.5, 0.6) is 0 Å². The van der Waals surface area contributed by atoms with Gasteiger partial charge in [-0.1, -0.05) is 0 Å². The smallest absolute Gasteiger partial charge is 0.335 e. The molecule has 0 aliphatic carbocycles. The molecule has 5 heteroatoms. The summed E-state index contributed by atoms with van der Waals surface area (Å²) in [5.41, 5.74) is -1.81. The van der Waals surface area contributed by atoms with Crippen molar-refractivity contribution in [2.75, 3.05) is 13.2 Å². The first kappa shape index (κ1) is 13.4. The average Bonchev–Trinajstić information content (AvgIpc) is 2.04. The third-order valence-electron chi connectivity index (χ3n) is 1.73. The van der Waals surface area contributed by atoms with E-state index >= 15 is 0 Å². The summed E-state index contributed by atoms with van der Waals surface area (Å²) < 4.78 is 10.2. The molecule has 0 bridgehead atoms. The lowest BCUT2D eigenvalue weighted by Crippen LogP contribution is -2.40. The fraction of sp³-hybridized carbons (Fsp3) is 0.889. The molecule has 2 N–H and O–H groups in total. The predicted molar refractivity (Wildman–Crippen MR) is 49.9 cm³/mol. The lowest BCUT2D eigenvalue weighted by Gasteiger charge is -2.24. The van der Waals surface area contributed by atoms with Gasteiger partial charge in [0.05, 0.1) is 0 Å². The highest BCUT2D eigenvalue weighted by atomic mass is 16.7. The van der Waals surface area contributed by atoms with Crippen LogP contribution in [0.3, 0.4) is 0 Å². The van der Waals surface area contributed by atoms with Gasteiger partial charge in [-0.05, 0) is 20.8 Å². The molecule has 5 nitrogen and oxygen atoms in total. The second-order valence-corrected chi connectivity index (χ2v) is 3.12. The minimum absolute atomic E-state index is 0.0794. The number of hydrogen-bond donors (Lipinski definition) is 2. The van der Waals surface area contributed by atoms with Gasteiger partial charge in [0.1, 0.15) is 0 Å². The van der Waals surface area contributed by atoms with Gasteiger partial charge in [-0.3, -0.25) is 0 Å². The minimum Gasteiger partial charge on any atom is -0.479 e. The Labute approximate surface area is 83.6 Å². The van der Waals surface area contributed by atoms with Gasteiger partial charge in [0.15, 0.2) is 11.9 Å². The van der Waals surface area contributed by atoms with Gasteiger partial charge in [0.2, 0.25) is 0 Å². The molecule has 0 radical (unpaired) electrons. The van der Waals surface area contributed by atoms with E-state index in [1.807, 2.05) is 0 Å². The molecule has 0 saturated heterocycles. The van der Waals surface area contributed by atoms with Gasteiger partial charge >= 0.3 is 5.97 Å². The van der Waals surface area contributed by atoms with Crippen molar-refractivity contribution in [1.82, 2.24) is 0 Å². The van der Waals surface area contributed by atoms with E-state index in [-0.39, 0.29) is 6.42 Å². The van der Waals surface area contributed by atoms with Crippen molar-refractivity contribution in [2.24, 2.45) is 0 Å². The van der Waals surface area contributed by atoms with Crippen molar-refractivity contribution >= 4 is 5.97 Å². The highest BCUT2D eigenvalue weighted by Gasteiger charge is 2.33. The second-order valence-electron chi connectivity index (χ2n) is 3.12. The normalized spacial score (nSPS) is 15.5. The van der Waals surface area contributed by atoms with Crippen molar-refractivity contribution < 1.29 is 24.5 Å². The predicted octanol–water partition coefficient (Wildman–Crippen LogP) is 0.611. The number of aliphatic carboxylic acids is 1. The molecule has 1 atom stereocenters. The zero-order valence-corrected chi connectivity index (χ0v) is 8.82. The number of rotatable bonds is 7. The zero-order valence-electron chi connectivity index (χ0n) is 8.82. The Morgan fingerprint density at radius 3 is 2.07 bits per heavy atom. The molecule has 0 aromatic rings. The van der Waals surface area contributed by atoms with E-state index < -0.39 is 17.9 Å². The molecule has 0 amide bonds. The van der Waals surface area contributed by atoms with Crippen molar-refractivity contribution in [1.29, 1.82) is 0 Å². The molecule has 14 heavy (non-hydrogen) atoms. The van der Waals surface area contributed by atoms with Crippen LogP contribution >= 0.6 is 0 Å². The Kier molecular flexibility index (Phi) is 5.68. The summed E-state index contributed by atoms with van der Waals surface area (Å²) in [6, 6.07) is 0. The van der Waals surface area contributed by atoms with Gasteiger partial charge < -0.3 is 19.7 Å². The summed E-state index contributed by atoms with van der Waals surface area (Å²) in [6.07, 6.45) is -0.750. The lowest BCUT2D eigenvalue weighted by molar-refractivity contribution is -0.184. The summed E-state index contributed by atoms with van der Waals surface area (Å²) in [5.74, 6) is -1.28. The van der Waals surface area contributed by atoms with Crippen LogP contribution in [-0.4, -0.2) is 41.3 Å². The van der Waals surface area contributed by atoms with Crippen molar-refractivity contribution in [3.8, 4) is 0 Å². The Morgan fingerprint density at radius 2 is 1.79 bits per heavy atom. The molecule has 0 spiro atoms. The highest BCUT2D eigenvalue weighted by Crippen LogP contribution is 2.15. The highest BCUT2D eigenvalue weighted by molar-refractivity contribution is 5.76.